The number of nitrogens with one attached hydrogen (secondary N) is 1. The highest BCUT2D eigenvalue weighted by molar-refractivity contribution is 9.10. The van der Waals surface area contributed by atoms with Gasteiger partial charge < -0.3 is 4.42 Å². The Hall–Kier alpha value is -1.69. The Morgan fingerprint density at radius 2 is 2.00 bits per heavy atom. The molecule has 3 rings (SSSR count). The van der Waals surface area contributed by atoms with E-state index < -0.39 is 6.04 Å². The molecule has 1 aromatic heterocycles. The van der Waals surface area contributed by atoms with Gasteiger partial charge in [-0.05, 0) is 30.7 Å². The van der Waals surface area contributed by atoms with Crippen molar-refractivity contribution in [3.05, 3.63) is 69.6 Å². The van der Waals surface area contributed by atoms with Crippen LogP contribution >= 0.6 is 15.9 Å². The number of nitrogens with two attached hydrogens (primary N) is 1. The van der Waals surface area contributed by atoms with Crippen molar-refractivity contribution < 1.29 is 8.81 Å². The third-order valence-electron chi connectivity index (χ3n) is 3.50. The zero-order chi connectivity index (χ0) is 15.0. The molecule has 0 spiro atoms. The molecule has 0 aliphatic carbocycles. The van der Waals surface area contributed by atoms with Gasteiger partial charge in [0.25, 0.3) is 0 Å². The Kier molecular flexibility index (Phi) is 3.80. The van der Waals surface area contributed by atoms with Crippen LogP contribution < -0.4 is 11.3 Å². The standard InChI is InChI=1S/C16H14BrFN2O/c1-9-4-2-5-10-8-13(21-16(9)10)15(20-19)14-11(17)6-3-7-12(14)18/h2-8,15,20H,19H2,1H3. The lowest BCUT2D eigenvalue weighted by Crippen LogP contribution is -2.29. The van der Waals surface area contributed by atoms with Crippen LogP contribution in [0.25, 0.3) is 11.0 Å². The first kappa shape index (κ1) is 14.3. The fourth-order valence-corrected chi connectivity index (χ4v) is 3.04. The lowest BCUT2D eigenvalue weighted by atomic mass is 10.0. The van der Waals surface area contributed by atoms with Crippen LogP contribution in [0.5, 0.6) is 0 Å². The number of hydrazine groups is 1. The number of aryl methyl sites for hydroxylation is 1. The molecule has 0 amide bonds. The van der Waals surface area contributed by atoms with E-state index in [0.29, 0.717) is 15.8 Å². The molecule has 0 radical (unpaired) electrons. The first-order chi connectivity index (χ1) is 10.1. The molecule has 108 valence electrons. The minimum absolute atomic E-state index is 0.343. The van der Waals surface area contributed by atoms with Gasteiger partial charge in [-0.3, -0.25) is 5.84 Å². The highest BCUT2D eigenvalue weighted by atomic mass is 79.9. The third kappa shape index (κ3) is 2.48. The second kappa shape index (κ2) is 5.60. The summed E-state index contributed by atoms with van der Waals surface area (Å²) in [7, 11) is 0. The van der Waals surface area contributed by atoms with E-state index in [9.17, 15) is 4.39 Å². The molecule has 2 aromatic carbocycles. The van der Waals surface area contributed by atoms with Crippen molar-refractivity contribution in [2.75, 3.05) is 0 Å². The minimum Gasteiger partial charge on any atom is -0.459 e. The molecular formula is C16H14BrFN2O. The van der Waals surface area contributed by atoms with E-state index >= 15 is 0 Å². The first-order valence-corrected chi connectivity index (χ1v) is 7.30. The maximum atomic E-state index is 14.1. The van der Waals surface area contributed by atoms with Crippen molar-refractivity contribution >= 4 is 26.9 Å². The Bertz CT molecular complexity index is 780. The topological polar surface area (TPSA) is 51.2 Å². The predicted octanol–water partition coefficient (Wildman–Crippen LogP) is 4.20. The number of para-hydroxylation sites is 1. The maximum absolute atomic E-state index is 14.1. The monoisotopic (exact) mass is 348 g/mol. The number of hydrogen-bond donors (Lipinski definition) is 2. The van der Waals surface area contributed by atoms with Gasteiger partial charge >= 0.3 is 0 Å². The molecule has 0 bridgehead atoms. The van der Waals surface area contributed by atoms with E-state index in [1.165, 1.54) is 6.07 Å². The van der Waals surface area contributed by atoms with Crippen LogP contribution in [0.1, 0.15) is 22.9 Å². The SMILES string of the molecule is Cc1cccc2cc(C(NN)c3c(F)cccc3Br)oc12. The number of benzene rings is 2. The molecule has 0 fully saturated rings. The van der Waals surface area contributed by atoms with Crippen LogP contribution in [0.4, 0.5) is 4.39 Å². The smallest absolute Gasteiger partial charge is 0.137 e. The van der Waals surface area contributed by atoms with Crippen molar-refractivity contribution in [1.82, 2.24) is 5.43 Å². The second-order valence-corrected chi connectivity index (χ2v) is 5.73. The van der Waals surface area contributed by atoms with Crippen molar-refractivity contribution in [3.63, 3.8) is 0 Å². The normalized spacial score (nSPS) is 12.8. The van der Waals surface area contributed by atoms with Crippen molar-refractivity contribution in [2.24, 2.45) is 5.84 Å². The number of fused-ring (bicyclic) bond motifs is 1. The predicted molar refractivity (Wildman–Crippen MR) is 84.2 cm³/mol. The summed E-state index contributed by atoms with van der Waals surface area (Å²) in [6.45, 7) is 1.97. The Morgan fingerprint density at radius 1 is 1.24 bits per heavy atom. The molecule has 3 aromatic rings. The van der Waals surface area contributed by atoms with Gasteiger partial charge in [-0.25, -0.2) is 9.82 Å². The fourth-order valence-electron chi connectivity index (χ4n) is 2.47. The molecule has 0 aliphatic rings. The van der Waals surface area contributed by atoms with Gasteiger partial charge in [-0.1, -0.05) is 40.2 Å². The molecule has 21 heavy (non-hydrogen) atoms. The minimum atomic E-state index is -0.563. The van der Waals surface area contributed by atoms with Crippen LogP contribution in [-0.4, -0.2) is 0 Å². The Labute approximate surface area is 130 Å². The van der Waals surface area contributed by atoms with Crippen LogP contribution in [-0.2, 0) is 0 Å². The lowest BCUT2D eigenvalue weighted by Gasteiger charge is -2.16. The largest absolute Gasteiger partial charge is 0.459 e. The van der Waals surface area contributed by atoms with Gasteiger partial charge in [0, 0.05) is 15.4 Å². The maximum Gasteiger partial charge on any atom is 0.137 e. The molecule has 3 nitrogen and oxygen atoms in total. The lowest BCUT2D eigenvalue weighted by molar-refractivity contribution is 0.460. The molecule has 1 atom stereocenters. The number of furan rings is 1. The van der Waals surface area contributed by atoms with Crippen LogP contribution in [0.15, 0.2) is 51.4 Å². The third-order valence-corrected chi connectivity index (χ3v) is 4.19. The summed E-state index contributed by atoms with van der Waals surface area (Å²) < 4.78 is 20.7. The van der Waals surface area contributed by atoms with Gasteiger partial charge in [0.1, 0.15) is 23.2 Å². The van der Waals surface area contributed by atoms with Gasteiger partial charge in [0.15, 0.2) is 0 Å². The second-order valence-electron chi connectivity index (χ2n) is 4.88. The molecule has 1 unspecified atom stereocenters. The molecule has 5 heteroatoms. The highest BCUT2D eigenvalue weighted by Crippen LogP contribution is 2.34. The summed E-state index contributed by atoms with van der Waals surface area (Å²) in [6.07, 6.45) is 0. The van der Waals surface area contributed by atoms with Gasteiger partial charge in [-0.15, -0.1) is 0 Å². The Morgan fingerprint density at radius 3 is 2.67 bits per heavy atom. The molecule has 0 aliphatic heterocycles. The van der Waals surface area contributed by atoms with Crippen LogP contribution in [0.2, 0.25) is 0 Å². The van der Waals surface area contributed by atoms with Crippen molar-refractivity contribution in [2.45, 2.75) is 13.0 Å². The molecule has 0 saturated carbocycles. The number of rotatable bonds is 3. The summed E-state index contributed by atoms with van der Waals surface area (Å²) >= 11 is 3.37. The van der Waals surface area contributed by atoms with Crippen molar-refractivity contribution in [1.29, 1.82) is 0 Å². The molecule has 3 N–H and O–H groups in total. The number of hydrogen-bond acceptors (Lipinski definition) is 3. The summed E-state index contributed by atoms with van der Waals surface area (Å²) in [5, 5.41) is 0.970. The zero-order valence-electron chi connectivity index (χ0n) is 11.4. The molecule has 0 saturated heterocycles. The van der Waals surface area contributed by atoms with Gasteiger partial charge in [-0.2, -0.15) is 0 Å². The average molecular weight is 349 g/mol. The summed E-state index contributed by atoms with van der Waals surface area (Å²) in [5.41, 5.74) is 4.88. The van der Waals surface area contributed by atoms with Crippen LogP contribution in [0, 0.1) is 12.7 Å². The summed E-state index contributed by atoms with van der Waals surface area (Å²) in [4.78, 5) is 0. The highest BCUT2D eigenvalue weighted by Gasteiger charge is 2.23. The van der Waals surface area contributed by atoms with Gasteiger partial charge in [0.2, 0.25) is 0 Å². The van der Waals surface area contributed by atoms with E-state index in [1.807, 2.05) is 31.2 Å². The Balaban J connectivity index is 2.16. The quantitative estimate of drug-likeness (QED) is 0.551. The van der Waals surface area contributed by atoms with Crippen molar-refractivity contribution in [3.8, 4) is 0 Å². The van der Waals surface area contributed by atoms with Crippen LogP contribution in [0.3, 0.4) is 0 Å². The summed E-state index contributed by atoms with van der Waals surface area (Å²) in [6, 6.07) is 12.0. The number of halogens is 2. The summed E-state index contributed by atoms with van der Waals surface area (Å²) in [5.74, 6) is 5.87. The fraction of sp³-hybridized carbons (Fsp3) is 0.125. The first-order valence-electron chi connectivity index (χ1n) is 6.51. The van der Waals surface area contributed by atoms with E-state index in [0.717, 1.165) is 16.5 Å². The average Bonchev–Trinajstić information content (AvgIpc) is 2.88. The molecule has 1 heterocycles. The van der Waals surface area contributed by atoms with Gasteiger partial charge in [0.05, 0.1) is 0 Å². The van der Waals surface area contributed by atoms with E-state index in [4.69, 9.17) is 10.3 Å². The van der Waals surface area contributed by atoms with E-state index in [-0.39, 0.29) is 5.82 Å². The zero-order valence-corrected chi connectivity index (χ0v) is 12.9. The van der Waals surface area contributed by atoms with E-state index in [1.54, 1.807) is 12.1 Å². The molecular weight excluding hydrogens is 335 g/mol. The van der Waals surface area contributed by atoms with E-state index in [2.05, 4.69) is 21.4 Å².